The molecular formula is C17H21Cl3O3. The second kappa shape index (κ2) is 5.74. The van der Waals surface area contributed by atoms with Gasteiger partial charge in [-0.25, -0.2) is 0 Å². The van der Waals surface area contributed by atoms with E-state index in [1.54, 1.807) is 6.08 Å². The second-order valence-electron chi connectivity index (χ2n) is 7.25. The molecule has 0 N–H and O–H groups in total. The first kappa shape index (κ1) is 17.8. The van der Waals surface area contributed by atoms with Gasteiger partial charge in [-0.15, -0.1) is 6.58 Å². The molecule has 0 aromatic rings. The number of hydrogen-bond acceptors (Lipinski definition) is 3. The van der Waals surface area contributed by atoms with E-state index < -0.39 is 16.2 Å². The van der Waals surface area contributed by atoms with E-state index in [9.17, 15) is 4.79 Å². The largest absolute Gasteiger partial charge is 0.344 e. The highest BCUT2D eigenvalue weighted by Crippen LogP contribution is 2.70. The molecule has 23 heavy (non-hydrogen) atoms. The van der Waals surface area contributed by atoms with Gasteiger partial charge in [0.2, 0.25) is 3.79 Å². The van der Waals surface area contributed by atoms with E-state index in [2.05, 4.69) is 20.4 Å². The lowest BCUT2D eigenvalue weighted by Crippen LogP contribution is -2.35. The molecule has 2 fully saturated rings. The number of ether oxygens (including phenoxy) is 2. The van der Waals surface area contributed by atoms with Gasteiger partial charge in [0, 0.05) is 23.8 Å². The average Bonchev–Trinajstić information content (AvgIpc) is 2.72. The zero-order valence-electron chi connectivity index (χ0n) is 13.4. The third-order valence-corrected chi connectivity index (χ3v) is 6.18. The van der Waals surface area contributed by atoms with Crippen LogP contribution in [0.3, 0.4) is 0 Å². The van der Waals surface area contributed by atoms with Gasteiger partial charge >= 0.3 is 0 Å². The van der Waals surface area contributed by atoms with Crippen LogP contribution in [-0.2, 0) is 14.3 Å². The SMILES string of the molecule is C=CCC1=C(C)[C@@H](O[C@@H]2O[C@@H](C(Cl)(Cl)Cl)[C@@H]3[C@H]2C3(C)C)CC1=O. The lowest BCUT2D eigenvalue weighted by molar-refractivity contribution is -0.181. The lowest BCUT2D eigenvalue weighted by atomic mass is 10.0. The van der Waals surface area contributed by atoms with E-state index in [-0.39, 0.29) is 29.1 Å². The number of alkyl halides is 3. The summed E-state index contributed by atoms with van der Waals surface area (Å²) in [6.45, 7) is 9.91. The van der Waals surface area contributed by atoms with Gasteiger partial charge in [0.15, 0.2) is 12.1 Å². The molecule has 3 nitrogen and oxygen atoms in total. The maximum Gasteiger partial charge on any atom is 0.216 e. The molecule has 3 aliphatic rings. The molecule has 128 valence electrons. The number of halogens is 3. The van der Waals surface area contributed by atoms with E-state index in [4.69, 9.17) is 44.3 Å². The van der Waals surface area contributed by atoms with Gasteiger partial charge in [0.1, 0.15) is 6.10 Å². The Morgan fingerprint density at radius 1 is 1.39 bits per heavy atom. The Hall–Kier alpha value is -0.0600. The minimum absolute atomic E-state index is 0.0156. The van der Waals surface area contributed by atoms with Gasteiger partial charge in [0.25, 0.3) is 0 Å². The van der Waals surface area contributed by atoms with Gasteiger partial charge in [-0.1, -0.05) is 54.7 Å². The van der Waals surface area contributed by atoms with Crippen molar-refractivity contribution >= 4 is 40.6 Å². The minimum Gasteiger partial charge on any atom is -0.344 e. The Balaban J connectivity index is 1.75. The van der Waals surface area contributed by atoms with Crippen molar-refractivity contribution in [3.05, 3.63) is 23.8 Å². The fourth-order valence-electron chi connectivity index (χ4n) is 4.12. The molecule has 3 rings (SSSR count). The summed E-state index contributed by atoms with van der Waals surface area (Å²) in [4.78, 5) is 12.1. The normalized spacial score (nSPS) is 38.9. The maximum absolute atomic E-state index is 12.1. The predicted octanol–water partition coefficient (Wildman–Crippen LogP) is 4.60. The van der Waals surface area contributed by atoms with Crippen molar-refractivity contribution in [2.75, 3.05) is 0 Å². The zero-order chi connectivity index (χ0) is 17.2. The van der Waals surface area contributed by atoms with Gasteiger partial charge in [0.05, 0.1) is 6.10 Å². The van der Waals surface area contributed by atoms with Crippen LogP contribution in [0, 0.1) is 17.3 Å². The molecule has 5 atom stereocenters. The molecule has 1 saturated carbocycles. The molecule has 6 heteroatoms. The van der Waals surface area contributed by atoms with Gasteiger partial charge in [-0.2, -0.15) is 0 Å². The number of ketones is 1. The summed E-state index contributed by atoms with van der Waals surface area (Å²) in [6.07, 6.45) is 1.49. The number of carbonyl (C=O) groups is 1. The van der Waals surface area contributed by atoms with Gasteiger partial charge in [-0.3, -0.25) is 4.79 Å². The summed E-state index contributed by atoms with van der Waals surface area (Å²) in [5.41, 5.74) is 1.78. The van der Waals surface area contributed by atoms with E-state index in [0.29, 0.717) is 12.8 Å². The van der Waals surface area contributed by atoms with E-state index in [1.165, 1.54) is 0 Å². The lowest BCUT2D eigenvalue weighted by Gasteiger charge is -2.29. The number of hydrogen-bond donors (Lipinski definition) is 0. The van der Waals surface area contributed by atoms with Gasteiger partial charge < -0.3 is 9.47 Å². The van der Waals surface area contributed by atoms with Crippen LogP contribution in [0.1, 0.15) is 33.6 Å². The number of rotatable bonds is 4. The molecule has 0 bridgehead atoms. The summed E-state index contributed by atoms with van der Waals surface area (Å²) in [5.74, 6) is 0.471. The highest BCUT2D eigenvalue weighted by molar-refractivity contribution is 6.68. The van der Waals surface area contributed by atoms with Crippen molar-refractivity contribution in [2.45, 2.75) is 55.9 Å². The van der Waals surface area contributed by atoms with Crippen LogP contribution in [0.2, 0.25) is 0 Å². The summed E-state index contributed by atoms with van der Waals surface area (Å²) in [7, 11) is 0. The summed E-state index contributed by atoms with van der Waals surface area (Å²) in [5, 5.41) is 0. The first-order valence-corrected chi connectivity index (χ1v) is 8.93. The fraction of sp³-hybridized carbons (Fsp3) is 0.706. The smallest absolute Gasteiger partial charge is 0.216 e. The third-order valence-electron chi connectivity index (χ3n) is 5.53. The highest BCUT2D eigenvalue weighted by atomic mass is 35.6. The van der Waals surface area contributed by atoms with Gasteiger partial charge in [-0.05, 0) is 24.3 Å². The third kappa shape index (κ3) is 2.89. The zero-order valence-corrected chi connectivity index (χ0v) is 15.7. The monoisotopic (exact) mass is 378 g/mol. The van der Waals surface area contributed by atoms with Crippen molar-refractivity contribution in [2.24, 2.45) is 17.3 Å². The quantitative estimate of drug-likeness (QED) is 0.529. The standard InChI is InChI=1S/C17H21Cl3O3/c1-5-6-9-8(2)11(7-10(9)21)22-15-13-12(16(13,3)4)14(23-15)17(18,19)20/h5,11-15H,1,6-7H2,2-4H3/t11-,12-,13+,14+,15+/m0/s1. The second-order valence-corrected chi connectivity index (χ2v) is 9.61. The van der Waals surface area contributed by atoms with Crippen LogP contribution in [-0.4, -0.2) is 28.1 Å². The first-order chi connectivity index (χ1) is 10.6. The fourth-order valence-corrected chi connectivity index (χ4v) is 4.68. The van der Waals surface area contributed by atoms with Crippen LogP contribution in [0.25, 0.3) is 0 Å². The van der Waals surface area contributed by atoms with Crippen molar-refractivity contribution in [1.29, 1.82) is 0 Å². The topological polar surface area (TPSA) is 35.5 Å². The molecule has 2 aliphatic carbocycles. The van der Waals surface area contributed by atoms with Crippen LogP contribution in [0.15, 0.2) is 23.8 Å². The molecule has 0 radical (unpaired) electrons. The number of allylic oxidation sites excluding steroid dienone is 2. The molecule has 1 aliphatic heterocycles. The van der Waals surface area contributed by atoms with E-state index in [0.717, 1.165) is 11.1 Å². The number of Topliss-reactive ketones (excluding diaryl/α,β-unsaturated/α-hetero) is 1. The molecule has 0 aromatic heterocycles. The Bertz CT molecular complexity index is 576. The molecule has 0 unspecified atom stereocenters. The Labute approximate surface area is 151 Å². The number of carbonyl (C=O) groups excluding carboxylic acids is 1. The average molecular weight is 380 g/mol. The van der Waals surface area contributed by atoms with Crippen LogP contribution < -0.4 is 0 Å². The molecule has 1 saturated heterocycles. The first-order valence-electron chi connectivity index (χ1n) is 7.80. The van der Waals surface area contributed by atoms with Crippen molar-refractivity contribution in [3.8, 4) is 0 Å². The molecular weight excluding hydrogens is 359 g/mol. The van der Waals surface area contributed by atoms with Crippen molar-refractivity contribution in [1.82, 2.24) is 0 Å². The Morgan fingerprint density at radius 2 is 2.04 bits per heavy atom. The van der Waals surface area contributed by atoms with E-state index in [1.807, 2.05) is 6.92 Å². The van der Waals surface area contributed by atoms with Crippen LogP contribution in [0.5, 0.6) is 0 Å². The minimum atomic E-state index is -1.47. The summed E-state index contributed by atoms with van der Waals surface area (Å²) >= 11 is 18.2. The van der Waals surface area contributed by atoms with Crippen molar-refractivity contribution in [3.63, 3.8) is 0 Å². The molecule has 0 spiro atoms. The van der Waals surface area contributed by atoms with Crippen molar-refractivity contribution < 1.29 is 14.3 Å². The van der Waals surface area contributed by atoms with Crippen LogP contribution >= 0.6 is 34.8 Å². The van der Waals surface area contributed by atoms with Crippen LogP contribution in [0.4, 0.5) is 0 Å². The summed E-state index contributed by atoms with van der Waals surface area (Å²) < 4.78 is 10.6. The molecule has 1 heterocycles. The molecule has 0 aromatic carbocycles. The Morgan fingerprint density at radius 3 is 2.57 bits per heavy atom. The van der Waals surface area contributed by atoms with E-state index >= 15 is 0 Å². The highest BCUT2D eigenvalue weighted by Gasteiger charge is 2.73. The number of fused-ring (bicyclic) bond motifs is 1. The maximum atomic E-state index is 12.1. The molecule has 0 amide bonds. The summed E-state index contributed by atoms with van der Waals surface area (Å²) in [6, 6.07) is 0. The Kier molecular flexibility index (Phi) is 4.43. The predicted molar refractivity (Wildman–Crippen MR) is 91.7 cm³/mol.